The van der Waals surface area contributed by atoms with Gasteiger partial charge in [0.15, 0.2) is 9.84 Å². The molecule has 40 heavy (non-hydrogen) atoms. The summed E-state index contributed by atoms with van der Waals surface area (Å²) in [4.78, 5) is 39.9. The number of benzene rings is 2. The number of carbonyl (C=O) groups is 3. The lowest BCUT2D eigenvalue weighted by Gasteiger charge is -2.29. The Bertz CT molecular complexity index is 1770. The fraction of sp³-hybridized carbons (Fsp3) is 0.179. The zero-order valence-corrected chi connectivity index (χ0v) is 22.8. The zero-order chi connectivity index (χ0) is 28.6. The Hall–Kier alpha value is -4.35. The SMILES string of the molecule is CS(=O)(=O)c1cccc(C[C@H](NC(=O)c2c(Cl)cc3c4c2ccn4CN(C(=O)/C=C/c2ccco2)C3)C(=O)O)c1. The van der Waals surface area contributed by atoms with Crippen LogP contribution >= 0.6 is 11.6 Å². The molecular formula is C28H24ClN3O7S. The molecule has 3 heterocycles. The van der Waals surface area contributed by atoms with Crippen molar-refractivity contribution in [2.75, 3.05) is 6.26 Å². The number of carbonyl (C=O) groups excluding carboxylic acids is 2. The molecule has 1 aliphatic heterocycles. The van der Waals surface area contributed by atoms with Crippen molar-refractivity contribution in [2.24, 2.45) is 0 Å². The molecule has 0 aliphatic carbocycles. The maximum absolute atomic E-state index is 13.4. The van der Waals surface area contributed by atoms with Gasteiger partial charge in [0.2, 0.25) is 5.91 Å². The first-order chi connectivity index (χ1) is 19.0. The first kappa shape index (κ1) is 27.2. The van der Waals surface area contributed by atoms with Crippen molar-refractivity contribution in [1.29, 1.82) is 0 Å². The second-order valence-corrected chi connectivity index (χ2v) is 11.9. The van der Waals surface area contributed by atoms with Gasteiger partial charge in [-0.05, 0) is 53.6 Å². The molecule has 1 aliphatic rings. The van der Waals surface area contributed by atoms with Gasteiger partial charge >= 0.3 is 5.97 Å². The van der Waals surface area contributed by atoms with Crippen LogP contribution in [-0.4, -0.2) is 53.1 Å². The van der Waals surface area contributed by atoms with Crippen LogP contribution in [0, 0.1) is 0 Å². The largest absolute Gasteiger partial charge is 0.480 e. The van der Waals surface area contributed by atoms with Crippen molar-refractivity contribution in [1.82, 2.24) is 14.8 Å². The lowest BCUT2D eigenvalue weighted by molar-refractivity contribution is -0.139. The number of aliphatic carboxylic acids is 1. The van der Waals surface area contributed by atoms with Crippen molar-refractivity contribution in [3.05, 3.63) is 94.5 Å². The summed E-state index contributed by atoms with van der Waals surface area (Å²) in [6.07, 6.45) is 7.19. The molecule has 5 rings (SSSR count). The van der Waals surface area contributed by atoms with E-state index in [1.54, 1.807) is 47.5 Å². The van der Waals surface area contributed by atoms with E-state index in [9.17, 15) is 27.9 Å². The maximum atomic E-state index is 13.4. The summed E-state index contributed by atoms with van der Waals surface area (Å²) in [5.41, 5.74) is 2.02. The Morgan fingerprint density at radius 3 is 2.67 bits per heavy atom. The summed E-state index contributed by atoms with van der Waals surface area (Å²) < 4.78 is 30.8. The molecule has 2 N–H and O–H groups in total. The highest BCUT2D eigenvalue weighted by Crippen LogP contribution is 2.34. The van der Waals surface area contributed by atoms with Crippen molar-refractivity contribution in [3.8, 4) is 0 Å². The first-order valence-corrected chi connectivity index (χ1v) is 14.4. The molecule has 10 nitrogen and oxygen atoms in total. The zero-order valence-electron chi connectivity index (χ0n) is 21.2. The molecule has 0 spiro atoms. The Kier molecular flexibility index (Phi) is 7.26. The van der Waals surface area contributed by atoms with E-state index in [2.05, 4.69) is 5.32 Å². The number of rotatable bonds is 8. The van der Waals surface area contributed by atoms with Crippen molar-refractivity contribution < 1.29 is 32.3 Å². The molecule has 0 fully saturated rings. The van der Waals surface area contributed by atoms with Gasteiger partial charge < -0.3 is 24.3 Å². The average molecular weight is 582 g/mol. The van der Waals surface area contributed by atoms with Gasteiger partial charge in [0, 0.05) is 36.9 Å². The third kappa shape index (κ3) is 5.51. The number of carboxylic acid groups (broad SMARTS) is 1. The second-order valence-electron chi connectivity index (χ2n) is 9.45. The number of amides is 2. The van der Waals surface area contributed by atoms with Crippen molar-refractivity contribution >= 4 is 56.2 Å². The number of nitrogens with one attached hydrogen (secondary N) is 1. The minimum absolute atomic E-state index is 0.0561. The summed E-state index contributed by atoms with van der Waals surface area (Å²) in [5.74, 6) is -1.64. The highest BCUT2D eigenvalue weighted by Gasteiger charge is 2.28. The van der Waals surface area contributed by atoms with Gasteiger partial charge in [-0.25, -0.2) is 13.2 Å². The predicted molar refractivity (Wildman–Crippen MR) is 147 cm³/mol. The van der Waals surface area contributed by atoms with Crippen LogP contribution in [0.25, 0.3) is 17.0 Å². The van der Waals surface area contributed by atoms with Crippen molar-refractivity contribution in [3.63, 3.8) is 0 Å². The van der Waals surface area contributed by atoms with Gasteiger partial charge in [0.1, 0.15) is 11.8 Å². The number of aromatic nitrogens is 1. The minimum Gasteiger partial charge on any atom is -0.480 e. The normalized spacial score (nSPS) is 14.0. The Morgan fingerprint density at radius 1 is 1.18 bits per heavy atom. The number of halogens is 1. The van der Waals surface area contributed by atoms with Gasteiger partial charge in [-0.1, -0.05) is 23.7 Å². The summed E-state index contributed by atoms with van der Waals surface area (Å²) in [6, 6.07) is 11.4. The van der Waals surface area contributed by atoms with Crippen LogP contribution in [0.2, 0.25) is 5.02 Å². The van der Waals surface area contributed by atoms with Gasteiger partial charge in [-0.15, -0.1) is 0 Å². The second kappa shape index (κ2) is 10.7. The maximum Gasteiger partial charge on any atom is 0.326 e. The fourth-order valence-corrected chi connectivity index (χ4v) is 5.74. The standard InChI is InChI=1S/C28H24ClN3O7S/c1-40(37,38)20-6-2-4-17(12-20)13-23(28(35)36)30-27(34)25-21-9-10-31-16-32(15-18(26(21)31)14-22(25)29)24(33)8-7-19-5-3-11-39-19/h2-12,14,23H,13,15-16H2,1H3,(H,30,34)(H,35,36)/b8-7+/t23-/m0/s1. The molecule has 0 radical (unpaired) electrons. The number of carboxylic acids is 1. The summed E-state index contributed by atoms with van der Waals surface area (Å²) in [6.45, 7) is 0.507. The van der Waals surface area contributed by atoms with E-state index in [0.29, 0.717) is 16.7 Å². The van der Waals surface area contributed by atoms with Crippen molar-refractivity contribution in [2.45, 2.75) is 30.6 Å². The quantitative estimate of drug-likeness (QED) is 0.302. The molecule has 0 unspecified atom stereocenters. The van der Waals surface area contributed by atoms with Crippen LogP contribution in [0.1, 0.15) is 27.2 Å². The van der Waals surface area contributed by atoms with Crippen LogP contribution < -0.4 is 5.32 Å². The molecule has 0 bridgehead atoms. The molecule has 1 atom stereocenters. The van der Waals surface area contributed by atoms with E-state index in [0.717, 1.165) is 17.3 Å². The molecule has 4 aromatic rings. The van der Waals surface area contributed by atoms with Gasteiger partial charge in [-0.3, -0.25) is 9.59 Å². The molecule has 2 aromatic heterocycles. The van der Waals surface area contributed by atoms with Gasteiger partial charge in [0.05, 0.1) is 33.9 Å². The van der Waals surface area contributed by atoms with E-state index in [4.69, 9.17) is 16.0 Å². The smallest absolute Gasteiger partial charge is 0.326 e. The number of sulfone groups is 1. The van der Waals surface area contributed by atoms with E-state index < -0.39 is 27.8 Å². The van der Waals surface area contributed by atoms with Gasteiger partial charge in [0.25, 0.3) is 5.91 Å². The Labute approximate surface area is 234 Å². The van der Waals surface area contributed by atoms with E-state index in [1.807, 2.05) is 4.57 Å². The average Bonchev–Trinajstić information content (AvgIpc) is 3.57. The molecular weight excluding hydrogens is 558 g/mol. The summed E-state index contributed by atoms with van der Waals surface area (Å²) >= 11 is 6.55. The lowest BCUT2D eigenvalue weighted by Crippen LogP contribution is -2.42. The molecule has 2 aromatic carbocycles. The van der Waals surface area contributed by atoms with E-state index in [-0.39, 0.29) is 41.0 Å². The molecule has 206 valence electrons. The van der Waals surface area contributed by atoms with Crippen LogP contribution in [-0.2, 0) is 39.1 Å². The predicted octanol–water partition coefficient (Wildman–Crippen LogP) is 3.73. The van der Waals surface area contributed by atoms with Crippen LogP contribution in [0.15, 0.2) is 76.4 Å². The topological polar surface area (TPSA) is 139 Å². The van der Waals surface area contributed by atoms with Crippen LogP contribution in [0.3, 0.4) is 0 Å². The molecule has 0 saturated carbocycles. The Morgan fingerprint density at radius 2 is 1.98 bits per heavy atom. The number of hydrogen-bond donors (Lipinski definition) is 2. The monoisotopic (exact) mass is 581 g/mol. The summed E-state index contributed by atoms with van der Waals surface area (Å²) in [7, 11) is -3.49. The third-order valence-electron chi connectivity index (χ3n) is 6.60. The molecule has 0 saturated heterocycles. The number of nitrogens with zero attached hydrogens (tertiary/aromatic N) is 2. The minimum atomic E-state index is -3.49. The highest BCUT2D eigenvalue weighted by molar-refractivity contribution is 7.90. The highest BCUT2D eigenvalue weighted by atomic mass is 35.5. The van der Waals surface area contributed by atoms with E-state index >= 15 is 0 Å². The first-order valence-electron chi connectivity index (χ1n) is 12.1. The molecule has 2 amide bonds. The number of hydrogen-bond acceptors (Lipinski definition) is 6. The lowest BCUT2D eigenvalue weighted by atomic mass is 10.0. The van der Waals surface area contributed by atoms with Crippen LogP contribution in [0.4, 0.5) is 0 Å². The summed E-state index contributed by atoms with van der Waals surface area (Å²) in [5, 5.41) is 13.0. The van der Waals surface area contributed by atoms with Crippen LogP contribution in [0.5, 0.6) is 0 Å². The van der Waals surface area contributed by atoms with E-state index in [1.165, 1.54) is 30.5 Å². The fourth-order valence-electron chi connectivity index (χ4n) is 4.72. The number of furan rings is 1. The third-order valence-corrected chi connectivity index (χ3v) is 8.01. The van der Waals surface area contributed by atoms with Gasteiger partial charge in [-0.2, -0.15) is 0 Å². The molecule has 12 heteroatoms. The Balaban J connectivity index is 1.38.